The molecule has 1 unspecified atom stereocenters. The Balaban J connectivity index is 0.00000261. The van der Waals surface area contributed by atoms with Crippen molar-refractivity contribution in [1.82, 2.24) is 10.6 Å². The molecule has 146 valence electrons. The maximum atomic E-state index is 13.8. The van der Waals surface area contributed by atoms with Crippen molar-refractivity contribution in [3.05, 3.63) is 64.5 Å². The van der Waals surface area contributed by atoms with Gasteiger partial charge in [-0.1, -0.05) is 24.3 Å². The van der Waals surface area contributed by atoms with Gasteiger partial charge >= 0.3 is 0 Å². The van der Waals surface area contributed by atoms with Gasteiger partial charge in [-0.2, -0.15) is 0 Å². The summed E-state index contributed by atoms with van der Waals surface area (Å²) in [4.78, 5) is 4.26. The first-order chi connectivity index (χ1) is 12.6. The molecule has 2 N–H and O–H groups in total. The van der Waals surface area contributed by atoms with E-state index in [0.717, 1.165) is 37.3 Å². The molecule has 1 aliphatic rings. The molecule has 6 heteroatoms. The molecule has 0 fully saturated rings. The number of fused-ring (bicyclic) bond motifs is 1. The molecule has 0 amide bonds. The lowest BCUT2D eigenvalue weighted by molar-refractivity contribution is 0.357. The lowest BCUT2D eigenvalue weighted by Gasteiger charge is -2.19. The molecule has 1 atom stereocenters. The second-order valence-electron chi connectivity index (χ2n) is 6.66. The summed E-state index contributed by atoms with van der Waals surface area (Å²) in [5.74, 6) is 1.54. The van der Waals surface area contributed by atoms with E-state index in [4.69, 9.17) is 4.74 Å². The maximum Gasteiger partial charge on any atom is 0.191 e. The summed E-state index contributed by atoms with van der Waals surface area (Å²) in [7, 11) is 1.74. The molecular formula is C21H27FIN3O. The summed E-state index contributed by atoms with van der Waals surface area (Å²) in [6.45, 7) is 5.32. The van der Waals surface area contributed by atoms with Crippen molar-refractivity contribution in [2.24, 2.45) is 4.99 Å². The minimum Gasteiger partial charge on any atom is -0.493 e. The SMILES string of the molecule is CN=C(NCCc1ccc2c(c1)CCO2)NC(C)c1ccc(C)c(F)c1.I. The van der Waals surface area contributed by atoms with Crippen LogP contribution in [0.25, 0.3) is 0 Å². The van der Waals surface area contributed by atoms with Gasteiger partial charge in [-0.15, -0.1) is 24.0 Å². The third-order valence-electron chi connectivity index (χ3n) is 4.73. The molecule has 27 heavy (non-hydrogen) atoms. The predicted octanol–water partition coefficient (Wildman–Crippen LogP) is 4.16. The van der Waals surface area contributed by atoms with Crippen LogP contribution in [-0.2, 0) is 12.8 Å². The van der Waals surface area contributed by atoms with Crippen molar-refractivity contribution < 1.29 is 9.13 Å². The number of nitrogens with zero attached hydrogens (tertiary/aromatic N) is 1. The highest BCUT2D eigenvalue weighted by Crippen LogP contribution is 2.25. The van der Waals surface area contributed by atoms with Crippen LogP contribution in [0.3, 0.4) is 0 Å². The Labute approximate surface area is 177 Å². The summed E-state index contributed by atoms with van der Waals surface area (Å²) in [6, 6.07) is 11.7. The fourth-order valence-corrected chi connectivity index (χ4v) is 3.08. The monoisotopic (exact) mass is 483 g/mol. The maximum absolute atomic E-state index is 13.8. The Morgan fingerprint density at radius 2 is 2.07 bits per heavy atom. The van der Waals surface area contributed by atoms with Gasteiger partial charge in [0.1, 0.15) is 11.6 Å². The zero-order valence-corrected chi connectivity index (χ0v) is 18.3. The highest BCUT2D eigenvalue weighted by Gasteiger charge is 2.12. The van der Waals surface area contributed by atoms with Crippen molar-refractivity contribution >= 4 is 29.9 Å². The Kier molecular flexibility index (Phi) is 7.89. The van der Waals surface area contributed by atoms with E-state index in [1.54, 1.807) is 26.1 Å². The molecule has 4 nitrogen and oxygen atoms in total. The van der Waals surface area contributed by atoms with Gasteiger partial charge in [0.05, 0.1) is 12.6 Å². The molecule has 2 aromatic carbocycles. The molecule has 0 saturated heterocycles. The average Bonchev–Trinajstić information content (AvgIpc) is 3.10. The summed E-state index contributed by atoms with van der Waals surface area (Å²) in [6.07, 6.45) is 1.89. The molecule has 0 bridgehead atoms. The van der Waals surface area contributed by atoms with E-state index >= 15 is 0 Å². The number of guanidine groups is 1. The number of rotatable bonds is 5. The Morgan fingerprint density at radius 3 is 2.81 bits per heavy atom. The first-order valence-corrected chi connectivity index (χ1v) is 9.04. The van der Waals surface area contributed by atoms with Crippen molar-refractivity contribution in [2.45, 2.75) is 32.7 Å². The second kappa shape index (κ2) is 9.92. The number of ether oxygens (including phenoxy) is 1. The van der Waals surface area contributed by atoms with Gasteiger partial charge in [0.15, 0.2) is 5.96 Å². The highest BCUT2D eigenvalue weighted by molar-refractivity contribution is 14.0. The van der Waals surface area contributed by atoms with Crippen LogP contribution in [0.1, 0.15) is 35.2 Å². The van der Waals surface area contributed by atoms with Crippen LogP contribution in [0.15, 0.2) is 41.4 Å². The van der Waals surface area contributed by atoms with Crippen LogP contribution in [0.2, 0.25) is 0 Å². The number of halogens is 2. The molecule has 0 radical (unpaired) electrons. The molecule has 3 rings (SSSR count). The van der Waals surface area contributed by atoms with Gasteiger partial charge in [0.25, 0.3) is 0 Å². The van der Waals surface area contributed by atoms with Crippen LogP contribution >= 0.6 is 24.0 Å². The topological polar surface area (TPSA) is 45.7 Å². The lowest BCUT2D eigenvalue weighted by Crippen LogP contribution is -2.39. The van der Waals surface area contributed by atoms with Gasteiger partial charge in [-0.25, -0.2) is 4.39 Å². The molecule has 0 spiro atoms. The molecule has 1 heterocycles. The smallest absolute Gasteiger partial charge is 0.191 e. The number of benzene rings is 2. The first-order valence-electron chi connectivity index (χ1n) is 9.04. The normalized spacial score (nSPS) is 14.0. The Hall–Kier alpha value is -1.83. The number of nitrogens with one attached hydrogen (secondary N) is 2. The summed E-state index contributed by atoms with van der Waals surface area (Å²) >= 11 is 0. The largest absolute Gasteiger partial charge is 0.493 e. The van der Waals surface area contributed by atoms with E-state index in [2.05, 4.69) is 33.8 Å². The van der Waals surface area contributed by atoms with E-state index in [1.807, 2.05) is 13.0 Å². The lowest BCUT2D eigenvalue weighted by atomic mass is 10.1. The van der Waals surface area contributed by atoms with E-state index in [0.29, 0.717) is 11.5 Å². The third-order valence-corrected chi connectivity index (χ3v) is 4.73. The minimum absolute atomic E-state index is 0. The molecule has 2 aromatic rings. The van der Waals surface area contributed by atoms with Crippen molar-refractivity contribution in [2.75, 3.05) is 20.2 Å². The van der Waals surface area contributed by atoms with Gasteiger partial charge in [-0.3, -0.25) is 4.99 Å². The number of hydrogen-bond donors (Lipinski definition) is 2. The highest BCUT2D eigenvalue weighted by atomic mass is 127. The summed E-state index contributed by atoms with van der Waals surface area (Å²) in [5.41, 5.74) is 4.13. The predicted molar refractivity (Wildman–Crippen MR) is 119 cm³/mol. The molecule has 0 aliphatic carbocycles. The zero-order chi connectivity index (χ0) is 18.5. The minimum atomic E-state index is -0.181. The molecular weight excluding hydrogens is 456 g/mol. The zero-order valence-electron chi connectivity index (χ0n) is 16.0. The summed E-state index contributed by atoms with van der Waals surface area (Å²) in [5, 5.41) is 6.64. The van der Waals surface area contributed by atoms with E-state index in [1.165, 1.54) is 11.1 Å². The Bertz CT molecular complexity index is 810. The fraction of sp³-hybridized carbons (Fsp3) is 0.381. The molecule has 0 saturated carbocycles. The van der Waals surface area contributed by atoms with Gasteiger partial charge < -0.3 is 15.4 Å². The standard InChI is InChI=1S/C21H26FN3O.HI/c1-14-4-6-17(13-19(14)22)15(2)25-21(23-3)24-10-8-16-5-7-20-18(12-16)9-11-26-20;/h4-7,12-13,15H,8-11H2,1-3H3,(H2,23,24,25);1H. The van der Waals surface area contributed by atoms with Crippen molar-refractivity contribution in [1.29, 1.82) is 0 Å². The number of aryl methyl sites for hydroxylation is 1. The van der Waals surface area contributed by atoms with E-state index < -0.39 is 0 Å². The first kappa shape index (κ1) is 21.5. The molecule has 0 aromatic heterocycles. The van der Waals surface area contributed by atoms with Gasteiger partial charge in [0.2, 0.25) is 0 Å². The molecule has 1 aliphatic heterocycles. The van der Waals surface area contributed by atoms with Crippen LogP contribution in [0.5, 0.6) is 5.75 Å². The van der Waals surface area contributed by atoms with Crippen LogP contribution in [-0.4, -0.2) is 26.2 Å². The Morgan fingerprint density at radius 1 is 1.26 bits per heavy atom. The number of aliphatic imine (C=N–C) groups is 1. The van der Waals surface area contributed by atoms with Crippen molar-refractivity contribution in [3.63, 3.8) is 0 Å². The number of hydrogen-bond acceptors (Lipinski definition) is 2. The van der Waals surface area contributed by atoms with Crippen molar-refractivity contribution in [3.8, 4) is 5.75 Å². The quantitative estimate of drug-likeness (QED) is 0.382. The van der Waals surface area contributed by atoms with E-state index in [-0.39, 0.29) is 35.8 Å². The third kappa shape index (κ3) is 5.57. The fourth-order valence-electron chi connectivity index (χ4n) is 3.08. The van der Waals surface area contributed by atoms with Crippen LogP contribution in [0.4, 0.5) is 4.39 Å². The average molecular weight is 483 g/mol. The summed E-state index contributed by atoms with van der Waals surface area (Å²) < 4.78 is 19.3. The van der Waals surface area contributed by atoms with Gasteiger partial charge in [0, 0.05) is 20.0 Å². The van der Waals surface area contributed by atoms with E-state index in [9.17, 15) is 4.39 Å². The van der Waals surface area contributed by atoms with Gasteiger partial charge in [-0.05, 0) is 54.7 Å². The van der Waals surface area contributed by atoms with Crippen LogP contribution in [0, 0.1) is 12.7 Å². The second-order valence-corrected chi connectivity index (χ2v) is 6.66. The van der Waals surface area contributed by atoms with Crippen LogP contribution < -0.4 is 15.4 Å².